The van der Waals surface area contributed by atoms with E-state index in [0.29, 0.717) is 18.4 Å². The van der Waals surface area contributed by atoms with Crippen LogP contribution >= 0.6 is 0 Å². The lowest BCUT2D eigenvalue weighted by molar-refractivity contribution is 0.482. The molecular formula is C14H24N2. The summed E-state index contributed by atoms with van der Waals surface area (Å²) in [6, 6.07) is 8.74. The number of hydrogen-bond acceptors (Lipinski definition) is 2. The molecule has 0 aliphatic carbocycles. The molecule has 2 unspecified atom stereocenters. The van der Waals surface area contributed by atoms with Crippen LogP contribution in [0, 0.1) is 5.92 Å². The standard InChI is InChI=1S/C14H24N2/c1-10(2)12-4-6-13(7-5-12)14(16)8-11(3)9-15/h4-7,10-11,14H,8-9,15-16H2,1-3H3. The van der Waals surface area contributed by atoms with Crippen molar-refractivity contribution in [2.45, 2.75) is 39.2 Å². The first-order valence-corrected chi connectivity index (χ1v) is 6.10. The Morgan fingerprint density at radius 2 is 1.50 bits per heavy atom. The van der Waals surface area contributed by atoms with E-state index in [1.807, 2.05) is 0 Å². The Balaban J connectivity index is 2.66. The minimum atomic E-state index is 0.111. The second-order valence-electron chi connectivity index (χ2n) is 5.00. The fourth-order valence-corrected chi connectivity index (χ4v) is 1.79. The summed E-state index contributed by atoms with van der Waals surface area (Å²) in [4.78, 5) is 0. The first kappa shape index (κ1) is 13.2. The number of hydrogen-bond donors (Lipinski definition) is 2. The molecule has 0 spiro atoms. The molecule has 2 atom stereocenters. The van der Waals surface area contributed by atoms with Gasteiger partial charge in [0, 0.05) is 6.04 Å². The third kappa shape index (κ3) is 3.62. The molecule has 0 fully saturated rings. The third-order valence-electron chi connectivity index (χ3n) is 3.09. The van der Waals surface area contributed by atoms with Crippen LogP contribution in [-0.2, 0) is 0 Å². The number of benzene rings is 1. The Bertz CT molecular complexity index is 303. The van der Waals surface area contributed by atoms with Crippen LogP contribution in [0.15, 0.2) is 24.3 Å². The molecule has 1 aromatic rings. The Kier molecular flexibility index (Phi) is 4.97. The van der Waals surface area contributed by atoms with E-state index in [9.17, 15) is 0 Å². The first-order chi connectivity index (χ1) is 7.54. The maximum absolute atomic E-state index is 6.14. The first-order valence-electron chi connectivity index (χ1n) is 6.10. The summed E-state index contributed by atoms with van der Waals surface area (Å²) in [6.07, 6.45) is 0.956. The second kappa shape index (κ2) is 6.02. The zero-order valence-electron chi connectivity index (χ0n) is 10.6. The molecule has 1 aromatic carbocycles. The van der Waals surface area contributed by atoms with Crippen molar-refractivity contribution in [1.29, 1.82) is 0 Å². The Hall–Kier alpha value is -0.860. The summed E-state index contributed by atoms with van der Waals surface area (Å²) in [7, 11) is 0. The molecular weight excluding hydrogens is 196 g/mol. The lowest BCUT2D eigenvalue weighted by atomic mass is 9.94. The van der Waals surface area contributed by atoms with E-state index >= 15 is 0 Å². The largest absolute Gasteiger partial charge is 0.330 e. The average molecular weight is 220 g/mol. The van der Waals surface area contributed by atoms with Crippen molar-refractivity contribution in [1.82, 2.24) is 0 Å². The highest BCUT2D eigenvalue weighted by molar-refractivity contribution is 5.26. The third-order valence-corrected chi connectivity index (χ3v) is 3.09. The van der Waals surface area contributed by atoms with E-state index in [2.05, 4.69) is 45.0 Å². The monoisotopic (exact) mass is 220 g/mol. The van der Waals surface area contributed by atoms with E-state index in [1.165, 1.54) is 11.1 Å². The quantitative estimate of drug-likeness (QED) is 0.801. The number of nitrogens with two attached hydrogens (primary N) is 2. The minimum absolute atomic E-state index is 0.111. The van der Waals surface area contributed by atoms with Crippen LogP contribution in [0.1, 0.15) is 50.3 Å². The van der Waals surface area contributed by atoms with Gasteiger partial charge in [-0.1, -0.05) is 45.0 Å². The average Bonchev–Trinajstić information content (AvgIpc) is 2.28. The van der Waals surface area contributed by atoms with Crippen molar-refractivity contribution in [3.63, 3.8) is 0 Å². The molecule has 0 saturated carbocycles. The molecule has 4 N–H and O–H groups in total. The summed E-state index contributed by atoms with van der Waals surface area (Å²) >= 11 is 0. The molecule has 0 aromatic heterocycles. The predicted molar refractivity (Wildman–Crippen MR) is 70.3 cm³/mol. The van der Waals surface area contributed by atoms with Crippen molar-refractivity contribution in [2.24, 2.45) is 17.4 Å². The van der Waals surface area contributed by atoms with Crippen LogP contribution < -0.4 is 11.5 Å². The normalized spacial score (nSPS) is 15.1. The van der Waals surface area contributed by atoms with Gasteiger partial charge < -0.3 is 11.5 Å². The fraction of sp³-hybridized carbons (Fsp3) is 0.571. The molecule has 90 valence electrons. The molecule has 0 aliphatic heterocycles. The van der Waals surface area contributed by atoms with Crippen molar-refractivity contribution in [3.8, 4) is 0 Å². The molecule has 2 nitrogen and oxygen atoms in total. The Morgan fingerprint density at radius 3 is 1.94 bits per heavy atom. The van der Waals surface area contributed by atoms with Gasteiger partial charge in [-0.3, -0.25) is 0 Å². The van der Waals surface area contributed by atoms with Crippen molar-refractivity contribution >= 4 is 0 Å². The zero-order chi connectivity index (χ0) is 12.1. The molecule has 0 saturated heterocycles. The van der Waals surface area contributed by atoms with E-state index in [4.69, 9.17) is 11.5 Å². The molecule has 0 bridgehead atoms. The van der Waals surface area contributed by atoms with Gasteiger partial charge in [-0.05, 0) is 35.9 Å². The van der Waals surface area contributed by atoms with Gasteiger partial charge >= 0.3 is 0 Å². The van der Waals surface area contributed by atoms with Crippen LogP contribution in [0.4, 0.5) is 0 Å². The van der Waals surface area contributed by atoms with Gasteiger partial charge in [0.05, 0.1) is 0 Å². The van der Waals surface area contributed by atoms with Crippen molar-refractivity contribution < 1.29 is 0 Å². The predicted octanol–water partition coefficient (Wildman–Crippen LogP) is 2.79. The molecule has 1 rings (SSSR count). The summed E-state index contributed by atoms with van der Waals surface area (Å²) < 4.78 is 0. The van der Waals surface area contributed by atoms with Gasteiger partial charge in [0.25, 0.3) is 0 Å². The van der Waals surface area contributed by atoms with Crippen LogP contribution in [0.25, 0.3) is 0 Å². The topological polar surface area (TPSA) is 52.0 Å². The molecule has 0 aliphatic rings. The second-order valence-corrected chi connectivity index (χ2v) is 5.00. The van der Waals surface area contributed by atoms with E-state index < -0.39 is 0 Å². The molecule has 0 radical (unpaired) electrons. The summed E-state index contributed by atoms with van der Waals surface area (Å²) in [6.45, 7) is 7.25. The highest BCUT2D eigenvalue weighted by Crippen LogP contribution is 2.21. The fourth-order valence-electron chi connectivity index (χ4n) is 1.79. The minimum Gasteiger partial charge on any atom is -0.330 e. The highest BCUT2D eigenvalue weighted by Gasteiger charge is 2.10. The number of rotatable bonds is 5. The zero-order valence-corrected chi connectivity index (χ0v) is 10.6. The highest BCUT2D eigenvalue weighted by atomic mass is 14.6. The SMILES string of the molecule is CC(CN)CC(N)c1ccc(C(C)C)cc1. The molecule has 16 heavy (non-hydrogen) atoms. The maximum Gasteiger partial charge on any atom is 0.0297 e. The summed E-state index contributed by atoms with van der Waals surface area (Å²) in [5, 5.41) is 0. The van der Waals surface area contributed by atoms with Crippen LogP contribution in [-0.4, -0.2) is 6.54 Å². The van der Waals surface area contributed by atoms with Crippen LogP contribution in [0.3, 0.4) is 0 Å². The van der Waals surface area contributed by atoms with Gasteiger partial charge in [-0.25, -0.2) is 0 Å². The molecule has 2 heteroatoms. The van der Waals surface area contributed by atoms with E-state index in [1.54, 1.807) is 0 Å². The van der Waals surface area contributed by atoms with Crippen molar-refractivity contribution in [3.05, 3.63) is 35.4 Å². The maximum atomic E-state index is 6.14. The van der Waals surface area contributed by atoms with Gasteiger partial charge in [-0.2, -0.15) is 0 Å². The van der Waals surface area contributed by atoms with Gasteiger partial charge in [0.15, 0.2) is 0 Å². The molecule has 0 amide bonds. The van der Waals surface area contributed by atoms with Crippen LogP contribution in [0.5, 0.6) is 0 Å². The van der Waals surface area contributed by atoms with Crippen LogP contribution in [0.2, 0.25) is 0 Å². The van der Waals surface area contributed by atoms with Gasteiger partial charge in [0.1, 0.15) is 0 Å². The summed E-state index contributed by atoms with van der Waals surface area (Å²) in [5.74, 6) is 1.06. The lowest BCUT2D eigenvalue weighted by Gasteiger charge is -2.17. The van der Waals surface area contributed by atoms with E-state index in [-0.39, 0.29) is 6.04 Å². The smallest absolute Gasteiger partial charge is 0.0297 e. The Morgan fingerprint density at radius 1 is 1.00 bits per heavy atom. The van der Waals surface area contributed by atoms with E-state index in [0.717, 1.165) is 6.42 Å². The lowest BCUT2D eigenvalue weighted by Crippen LogP contribution is -2.19. The Labute approximate surface area is 99.0 Å². The summed E-state index contributed by atoms with van der Waals surface area (Å²) in [5.41, 5.74) is 14.3. The van der Waals surface area contributed by atoms with Crippen molar-refractivity contribution in [2.75, 3.05) is 6.54 Å². The molecule has 0 heterocycles. The van der Waals surface area contributed by atoms with Gasteiger partial charge in [-0.15, -0.1) is 0 Å². The van der Waals surface area contributed by atoms with Gasteiger partial charge in [0.2, 0.25) is 0 Å².